The van der Waals surface area contributed by atoms with E-state index in [0.717, 1.165) is 11.3 Å². The third kappa shape index (κ3) is 3.33. The number of furan rings is 1. The fraction of sp³-hybridized carbons (Fsp3) is 0.174. The molecule has 1 atom stereocenters. The van der Waals surface area contributed by atoms with E-state index in [1.807, 2.05) is 31.2 Å². The zero-order chi connectivity index (χ0) is 22.2. The number of amides is 1. The van der Waals surface area contributed by atoms with Gasteiger partial charge in [0, 0.05) is 7.05 Å². The number of hydrogen-bond acceptors (Lipinski definition) is 7. The van der Waals surface area contributed by atoms with Crippen LogP contribution in [0, 0.1) is 6.92 Å². The molecule has 0 N–H and O–H groups in total. The Hall–Kier alpha value is -4.27. The molecule has 9 heteroatoms. The minimum atomic E-state index is -0.178. The summed E-state index contributed by atoms with van der Waals surface area (Å²) in [5, 5.41) is 8.75. The predicted molar refractivity (Wildman–Crippen MR) is 116 cm³/mol. The molecule has 9 nitrogen and oxygen atoms in total. The zero-order valence-electron chi connectivity index (χ0n) is 17.8. The second kappa shape index (κ2) is 7.77. The number of aryl methyl sites for hydroxylation is 1. The highest BCUT2D eigenvalue weighted by Crippen LogP contribution is 2.30. The molecule has 32 heavy (non-hydrogen) atoms. The lowest BCUT2D eigenvalue weighted by Crippen LogP contribution is -2.30. The molecule has 4 heterocycles. The van der Waals surface area contributed by atoms with Crippen LogP contribution < -0.4 is 0 Å². The van der Waals surface area contributed by atoms with Gasteiger partial charge >= 0.3 is 0 Å². The van der Waals surface area contributed by atoms with E-state index < -0.39 is 0 Å². The molecule has 5 rings (SSSR count). The number of hydrogen-bond donors (Lipinski definition) is 0. The number of aromatic nitrogens is 5. The molecule has 0 fully saturated rings. The lowest BCUT2D eigenvalue weighted by Gasteiger charge is -2.26. The summed E-state index contributed by atoms with van der Waals surface area (Å²) in [7, 11) is 1.78. The highest BCUT2D eigenvalue weighted by molar-refractivity contribution is 6.06. The SMILES string of the molecule is Cc1noc2nc(-c3ccco3)cc(C(=O)N(C)C(C)c3ccc(-n4cncn4)cc3)c12. The van der Waals surface area contributed by atoms with Crippen LogP contribution in [0.3, 0.4) is 0 Å². The van der Waals surface area contributed by atoms with Gasteiger partial charge in [-0.3, -0.25) is 4.79 Å². The van der Waals surface area contributed by atoms with Gasteiger partial charge in [0.2, 0.25) is 0 Å². The van der Waals surface area contributed by atoms with Gasteiger partial charge in [0.25, 0.3) is 11.6 Å². The van der Waals surface area contributed by atoms with Crippen LogP contribution in [0.15, 0.2) is 70.3 Å². The van der Waals surface area contributed by atoms with Gasteiger partial charge in [-0.2, -0.15) is 5.10 Å². The summed E-state index contributed by atoms with van der Waals surface area (Å²) >= 11 is 0. The van der Waals surface area contributed by atoms with Crippen LogP contribution in [0.4, 0.5) is 0 Å². The molecule has 0 saturated carbocycles. The summed E-state index contributed by atoms with van der Waals surface area (Å²) in [6.45, 7) is 3.78. The van der Waals surface area contributed by atoms with Crippen molar-refractivity contribution in [1.82, 2.24) is 29.8 Å². The second-order valence-corrected chi connectivity index (χ2v) is 7.50. The van der Waals surface area contributed by atoms with E-state index >= 15 is 0 Å². The lowest BCUT2D eigenvalue weighted by atomic mass is 10.0. The van der Waals surface area contributed by atoms with Crippen molar-refractivity contribution in [2.75, 3.05) is 7.05 Å². The quantitative estimate of drug-likeness (QED) is 0.413. The average molecular weight is 428 g/mol. The number of benzene rings is 1. The summed E-state index contributed by atoms with van der Waals surface area (Å²) in [6, 6.07) is 13.0. The van der Waals surface area contributed by atoms with Crippen molar-refractivity contribution in [2.45, 2.75) is 19.9 Å². The smallest absolute Gasteiger partial charge is 0.259 e. The normalized spacial score (nSPS) is 12.2. The highest BCUT2D eigenvalue weighted by atomic mass is 16.5. The molecule has 5 aromatic rings. The van der Waals surface area contributed by atoms with Crippen molar-refractivity contribution in [3.63, 3.8) is 0 Å². The summed E-state index contributed by atoms with van der Waals surface area (Å²) < 4.78 is 12.5. The number of pyridine rings is 1. The molecule has 0 spiro atoms. The first-order chi connectivity index (χ1) is 15.5. The number of fused-ring (bicyclic) bond motifs is 1. The van der Waals surface area contributed by atoms with Gasteiger partial charge < -0.3 is 13.8 Å². The molecule has 4 aromatic heterocycles. The topological polar surface area (TPSA) is 103 Å². The molecule has 0 aliphatic carbocycles. The van der Waals surface area contributed by atoms with Crippen LogP contribution in [0.1, 0.15) is 34.6 Å². The molecule has 1 unspecified atom stereocenters. The lowest BCUT2D eigenvalue weighted by molar-refractivity contribution is 0.0744. The standard InChI is InChI=1S/C23H20N6O3/c1-14-21-18(11-19(20-5-4-10-31-20)26-22(21)32-27-14)23(30)28(3)15(2)16-6-8-17(9-7-16)29-13-24-12-25-29/h4-13,15H,1-3H3. The van der Waals surface area contributed by atoms with Crippen molar-refractivity contribution in [1.29, 1.82) is 0 Å². The molecular formula is C23H20N6O3. The molecule has 0 radical (unpaired) electrons. The van der Waals surface area contributed by atoms with E-state index in [4.69, 9.17) is 8.94 Å². The van der Waals surface area contributed by atoms with Crippen LogP contribution in [-0.2, 0) is 0 Å². The van der Waals surface area contributed by atoms with E-state index in [1.54, 1.807) is 54.3 Å². The van der Waals surface area contributed by atoms with Crippen molar-refractivity contribution >= 4 is 17.0 Å². The first kappa shape index (κ1) is 19.7. The van der Waals surface area contributed by atoms with E-state index in [9.17, 15) is 4.79 Å². The number of nitrogens with zero attached hydrogens (tertiary/aromatic N) is 6. The molecule has 0 bridgehead atoms. The molecule has 160 valence electrons. The Balaban J connectivity index is 1.48. The molecular weight excluding hydrogens is 408 g/mol. The third-order valence-corrected chi connectivity index (χ3v) is 5.58. The van der Waals surface area contributed by atoms with E-state index in [-0.39, 0.29) is 11.9 Å². The van der Waals surface area contributed by atoms with Crippen molar-refractivity contribution < 1.29 is 13.7 Å². The molecule has 0 saturated heterocycles. The van der Waals surface area contributed by atoms with Crippen molar-refractivity contribution in [3.8, 4) is 17.1 Å². The molecule has 0 aliphatic rings. The van der Waals surface area contributed by atoms with Crippen LogP contribution in [0.2, 0.25) is 0 Å². The second-order valence-electron chi connectivity index (χ2n) is 7.50. The Morgan fingerprint density at radius 3 is 2.69 bits per heavy atom. The Labute approximate surface area is 183 Å². The maximum Gasteiger partial charge on any atom is 0.259 e. The molecule has 0 aliphatic heterocycles. The summed E-state index contributed by atoms with van der Waals surface area (Å²) in [6.07, 6.45) is 4.69. The van der Waals surface area contributed by atoms with Crippen LogP contribution in [-0.4, -0.2) is 42.8 Å². The van der Waals surface area contributed by atoms with Crippen LogP contribution in [0.5, 0.6) is 0 Å². The molecule has 1 aromatic carbocycles. The van der Waals surface area contributed by atoms with Gasteiger partial charge in [0.1, 0.15) is 18.3 Å². The van der Waals surface area contributed by atoms with Crippen LogP contribution in [0.25, 0.3) is 28.2 Å². The molecule has 1 amide bonds. The van der Waals surface area contributed by atoms with Crippen molar-refractivity contribution in [3.05, 3.63) is 78.2 Å². The first-order valence-corrected chi connectivity index (χ1v) is 10.1. The Morgan fingerprint density at radius 1 is 1.19 bits per heavy atom. The minimum absolute atomic E-state index is 0.163. The van der Waals surface area contributed by atoms with E-state index in [0.29, 0.717) is 33.8 Å². The van der Waals surface area contributed by atoms with Crippen LogP contribution >= 0.6 is 0 Å². The average Bonchev–Trinajstić information content (AvgIpc) is 3.60. The minimum Gasteiger partial charge on any atom is -0.463 e. The van der Waals surface area contributed by atoms with E-state index in [1.165, 1.54) is 6.33 Å². The fourth-order valence-corrected chi connectivity index (χ4v) is 3.65. The number of carbonyl (C=O) groups excluding carboxylic acids is 1. The van der Waals surface area contributed by atoms with Gasteiger partial charge in [-0.05, 0) is 49.7 Å². The summed E-state index contributed by atoms with van der Waals surface area (Å²) in [4.78, 5) is 23.7. The van der Waals surface area contributed by atoms with Gasteiger partial charge in [-0.25, -0.2) is 14.6 Å². The largest absolute Gasteiger partial charge is 0.463 e. The number of carbonyl (C=O) groups is 1. The number of rotatable bonds is 5. The Kier molecular flexibility index (Phi) is 4.78. The van der Waals surface area contributed by atoms with Crippen molar-refractivity contribution in [2.24, 2.45) is 0 Å². The van der Waals surface area contributed by atoms with E-state index in [2.05, 4.69) is 20.2 Å². The first-order valence-electron chi connectivity index (χ1n) is 10.1. The maximum atomic E-state index is 13.6. The zero-order valence-corrected chi connectivity index (χ0v) is 17.8. The highest BCUT2D eigenvalue weighted by Gasteiger charge is 2.25. The summed E-state index contributed by atoms with van der Waals surface area (Å²) in [5.74, 6) is 0.388. The maximum absolute atomic E-state index is 13.6. The predicted octanol–water partition coefficient (Wildman–Crippen LogP) is 4.21. The summed E-state index contributed by atoms with van der Waals surface area (Å²) in [5.41, 5.74) is 3.78. The third-order valence-electron chi connectivity index (χ3n) is 5.58. The Bertz CT molecular complexity index is 1370. The van der Waals surface area contributed by atoms with Gasteiger partial charge in [-0.1, -0.05) is 17.3 Å². The van der Waals surface area contributed by atoms with Gasteiger partial charge in [-0.15, -0.1) is 0 Å². The Morgan fingerprint density at radius 2 is 2.00 bits per heavy atom. The van der Waals surface area contributed by atoms with Gasteiger partial charge in [0.05, 0.1) is 34.6 Å². The monoisotopic (exact) mass is 428 g/mol. The fourth-order valence-electron chi connectivity index (χ4n) is 3.65. The van der Waals surface area contributed by atoms with Gasteiger partial charge in [0.15, 0.2) is 5.76 Å².